The van der Waals surface area contributed by atoms with Crippen LogP contribution in [-0.4, -0.2) is 34.7 Å². The van der Waals surface area contributed by atoms with Gasteiger partial charge in [0.25, 0.3) is 0 Å². The van der Waals surface area contributed by atoms with Crippen molar-refractivity contribution in [1.82, 2.24) is 20.0 Å². The third-order valence-electron chi connectivity index (χ3n) is 4.23. The highest BCUT2D eigenvalue weighted by atomic mass is 16.3. The second-order valence-electron chi connectivity index (χ2n) is 6.32. The number of guanidine groups is 1. The molecule has 1 N–H and O–H groups in total. The van der Waals surface area contributed by atoms with E-state index in [9.17, 15) is 0 Å². The molecule has 2 aromatic heterocycles. The average molecular weight is 351 g/mol. The molecule has 0 saturated heterocycles. The molecule has 0 atom stereocenters. The van der Waals surface area contributed by atoms with Crippen molar-refractivity contribution in [2.24, 2.45) is 4.99 Å². The maximum atomic E-state index is 5.58. The van der Waals surface area contributed by atoms with Crippen LogP contribution in [-0.2, 0) is 13.1 Å². The zero-order valence-electron chi connectivity index (χ0n) is 15.7. The fourth-order valence-electron chi connectivity index (χ4n) is 2.93. The Bertz CT molecular complexity index is 879. The van der Waals surface area contributed by atoms with Gasteiger partial charge in [-0.05, 0) is 32.0 Å². The maximum absolute atomic E-state index is 5.58. The number of furan rings is 1. The second kappa shape index (κ2) is 7.91. The summed E-state index contributed by atoms with van der Waals surface area (Å²) in [6, 6.07) is 12.1. The van der Waals surface area contributed by atoms with E-state index in [0.717, 1.165) is 40.8 Å². The lowest BCUT2D eigenvalue weighted by Crippen LogP contribution is -2.38. The third-order valence-corrected chi connectivity index (χ3v) is 4.23. The summed E-state index contributed by atoms with van der Waals surface area (Å²) in [6.45, 7) is 5.34. The van der Waals surface area contributed by atoms with Crippen molar-refractivity contribution in [1.29, 1.82) is 0 Å². The normalized spacial score (nSPS) is 11.6. The molecule has 0 spiro atoms. The topological polar surface area (TPSA) is 58.6 Å². The van der Waals surface area contributed by atoms with E-state index in [1.807, 2.05) is 68.3 Å². The highest BCUT2D eigenvalue weighted by Crippen LogP contribution is 2.13. The van der Waals surface area contributed by atoms with Gasteiger partial charge in [-0.2, -0.15) is 5.10 Å². The molecule has 0 unspecified atom stereocenters. The number of para-hydroxylation sites is 1. The first-order valence-electron chi connectivity index (χ1n) is 8.63. The summed E-state index contributed by atoms with van der Waals surface area (Å²) >= 11 is 0. The van der Waals surface area contributed by atoms with E-state index in [-0.39, 0.29) is 0 Å². The Labute approximate surface area is 154 Å². The van der Waals surface area contributed by atoms with Crippen molar-refractivity contribution in [3.8, 4) is 5.69 Å². The molecule has 3 aromatic rings. The molecule has 0 aliphatic heterocycles. The average Bonchev–Trinajstić information content (AvgIpc) is 3.22. The van der Waals surface area contributed by atoms with Gasteiger partial charge in [0.1, 0.15) is 11.5 Å². The molecule has 0 fully saturated rings. The number of rotatable bonds is 5. The van der Waals surface area contributed by atoms with Crippen LogP contribution in [0, 0.1) is 13.8 Å². The van der Waals surface area contributed by atoms with Crippen LogP contribution in [0.15, 0.2) is 58.2 Å². The van der Waals surface area contributed by atoms with Gasteiger partial charge in [0, 0.05) is 44.5 Å². The zero-order chi connectivity index (χ0) is 18.5. The molecule has 136 valence electrons. The van der Waals surface area contributed by atoms with Crippen molar-refractivity contribution >= 4 is 5.96 Å². The lowest BCUT2D eigenvalue weighted by molar-refractivity contribution is 0.474. The predicted molar refractivity (Wildman–Crippen MR) is 103 cm³/mol. The molecule has 0 radical (unpaired) electrons. The molecular formula is C20H25N5O. The largest absolute Gasteiger partial charge is 0.466 e. The summed E-state index contributed by atoms with van der Waals surface area (Å²) in [5.74, 6) is 2.70. The minimum Gasteiger partial charge on any atom is -0.466 e. The first kappa shape index (κ1) is 17.8. The van der Waals surface area contributed by atoms with Crippen LogP contribution < -0.4 is 5.32 Å². The molecular weight excluding hydrogens is 326 g/mol. The van der Waals surface area contributed by atoms with E-state index in [0.29, 0.717) is 6.54 Å². The predicted octanol–water partition coefficient (Wildman–Crippen LogP) is 3.29. The van der Waals surface area contributed by atoms with E-state index in [2.05, 4.69) is 26.4 Å². The van der Waals surface area contributed by atoms with Gasteiger partial charge >= 0.3 is 0 Å². The number of benzene rings is 1. The van der Waals surface area contributed by atoms with Gasteiger partial charge in [-0.25, -0.2) is 4.68 Å². The minimum atomic E-state index is 0.684. The van der Waals surface area contributed by atoms with Gasteiger partial charge in [0.05, 0.1) is 11.9 Å². The summed E-state index contributed by atoms with van der Waals surface area (Å²) < 4.78 is 7.46. The first-order valence-corrected chi connectivity index (χ1v) is 8.63. The molecule has 2 heterocycles. The van der Waals surface area contributed by atoms with Gasteiger partial charge < -0.3 is 14.6 Å². The highest BCUT2D eigenvalue weighted by molar-refractivity contribution is 5.79. The van der Waals surface area contributed by atoms with E-state index < -0.39 is 0 Å². The van der Waals surface area contributed by atoms with Crippen molar-refractivity contribution in [3.63, 3.8) is 0 Å². The van der Waals surface area contributed by atoms with Crippen molar-refractivity contribution in [2.75, 3.05) is 14.1 Å². The number of aromatic nitrogens is 2. The SMILES string of the molecule is CN=C(NCc1cc(C)oc1C)N(C)Cc1cnn(-c2ccccc2)c1. The van der Waals surface area contributed by atoms with Crippen LogP contribution in [0.25, 0.3) is 5.69 Å². The van der Waals surface area contributed by atoms with E-state index in [4.69, 9.17) is 4.42 Å². The molecule has 6 nitrogen and oxygen atoms in total. The standard InChI is InChI=1S/C20H25N5O/c1-15-10-18(16(2)26-15)12-22-20(21-3)24(4)13-17-11-23-25(14-17)19-8-6-5-7-9-19/h5-11,14H,12-13H2,1-4H3,(H,21,22). The number of hydrogen-bond donors (Lipinski definition) is 1. The van der Waals surface area contributed by atoms with Crippen LogP contribution in [0.5, 0.6) is 0 Å². The lowest BCUT2D eigenvalue weighted by Gasteiger charge is -2.21. The van der Waals surface area contributed by atoms with E-state index in [1.165, 1.54) is 0 Å². The number of nitrogens with zero attached hydrogens (tertiary/aromatic N) is 4. The summed E-state index contributed by atoms with van der Waals surface area (Å²) in [6.07, 6.45) is 3.93. The van der Waals surface area contributed by atoms with Crippen LogP contribution in [0.4, 0.5) is 0 Å². The summed E-state index contributed by atoms with van der Waals surface area (Å²) in [5, 5.41) is 7.84. The molecule has 3 rings (SSSR count). The van der Waals surface area contributed by atoms with E-state index >= 15 is 0 Å². The Balaban J connectivity index is 1.62. The summed E-state index contributed by atoms with van der Waals surface area (Å²) in [7, 11) is 3.81. The summed E-state index contributed by atoms with van der Waals surface area (Å²) in [5.41, 5.74) is 3.32. The Kier molecular flexibility index (Phi) is 5.41. The maximum Gasteiger partial charge on any atom is 0.193 e. The van der Waals surface area contributed by atoms with Gasteiger partial charge in [0.2, 0.25) is 0 Å². The van der Waals surface area contributed by atoms with Crippen LogP contribution >= 0.6 is 0 Å². The lowest BCUT2D eigenvalue weighted by atomic mass is 10.2. The quantitative estimate of drug-likeness (QED) is 0.566. The van der Waals surface area contributed by atoms with Crippen LogP contribution in [0.2, 0.25) is 0 Å². The number of hydrogen-bond acceptors (Lipinski definition) is 3. The number of nitrogens with one attached hydrogen (secondary N) is 1. The molecule has 26 heavy (non-hydrogen) atoms. The molecule has 6 heteroatoms. The molecule has 0 saturated carbocycles. The van der Waals surface area contributed by atoms with Crippen molar-refractivity contribution < 1.29 is 4.42 Å². The molecule has 1 aromatic carbocycles. The van der Waals surface area contributed by atoms with Crippen molar-refractivity contribution in [2.45, 2.75) is 26.9 Å². The van der Waals surface area contributed by atoms with Crippen LogP contribution in [0.3, 0.4) is 0 Å². The monoisotopic (exact) mass is 351 g/mol. The highest BCUT2D eigenvalue weighted by Gasteiger charge is 2.10. The van der Waals surface area contributed by atoms with Gasteiger partial charge in [-0.3, -0.25) is 4.99 Å². The van der Waals surface area contributed by atoms with Gasteiger partial charge in [0.15, 0.2) is 5.96 Å². The fraction of sp³-hybridized carbons (Fsp3) is 0.300. The third kappa shape index (κ3) is 4.14. The fourth-order valence-corrected chi connectivity index (χ4v) is 2.93. The zero-order valence-corrected chi connectivity index (χ0v) is 15.7. The van der Waals surface area contributed by atoms with Gasteiger partial charge in [-0.15, -0.1) is 0 Å². The smallest absolute Gasteiger partial charge is 0.193 e. The van der Waals surface area contributed by atoms with Crippen molar-refractivity contribution in [3.05, 3.63) is 71.4 Å². The van der Waals surface area contributed by atoms with Gasteiger partial charge in [-0.1, -0.05) is 18.2 Å². The number of aliphatic imine (C=N–C) groups is 1. The minimum absolute atomic E-state index is 0.684. The number of aryl methyl sites for hydroxylation is 2. The second-order valence-corrected chi connectivity index (χ2v) is 6.32. The Hall–Kier alpha value is -3.02. The Morgan fingerprint density at radius 3 is 2.69 bits per heavy atom. The molecule has 0 aliphatic carbocycles. The van der Waals surface area contributed by atoms with Crippen LogP contribution in [0.1, 0.15) is 22.6 Å². The Morgan fingerprint density at radius 2 is 2.04 bits per heavy atom. The first-order chi connectivity index (χ1) is 12.6. The summed E-state index contributed by atoms with van der Waals surface area (Å²) in [4.78, 5) is 6.45. The Morgan fingerprint density at radius 1 is 1.27 bits per heavy atom. The molecule has 0 aliphatic rings. The molecule has 0 bridgehead atoms. The molecule has 0 amide bonds. The van der Waals surface area contributed by atoms with E-state index in [1.54, 1.807) is 7.05 Å².